The van der Waals surface area contributed by atoms with Crippen LogP contribution in [-0.2, 0) is 0 Å². The van der Waals surface area contributed by atoms with E-state index in [1.807, 2.05) is 24.4 Å². The van der Waals surface area contributed by atoms with Gasteiger partial charge in [0.15, 0.2) is 0 Å². The normalized spacial score (nSPS) is 11.9. The second-order valence-corrected chi connectivity index (χ2v) is 5.00. The predicted molar refractivity (Wildman–Crippen MR) is 76.0 cm³/mol. The summed E-state index contributed by atoms with van der Waals surface area (Å²) >= 11 is 1.62. The van der Waals surface area contributed by atoms with Crippen LogP contribution in [0.4, 0.5) is 11.4 Å². The first-order chi connectivity index (χ1) is 9.11. The quantitative estimate of drug-likeness (QED) is 0.666. The third-order valence-corrected chi connectivity index (χ3v) is 3.80. The lowest BCUT2D eigenvalue weighted by molar-refractivity contribution is -0.384. The second-order valence-electron chi connectivity index (χ2n) is 4.02. The van der Waals surface area contributed by atoms with Gasteiger partial charge in [0.2, 0.25) is 0 Å². The molecule has 0 radical (unpaired) electrons. The minimum Gasteiger partial charge on any atom is -0.496 e. The summed E-state index contributed by atoms with van der Waals surface area (Å²) in [6, 6.07) is 8.77. The van der Waals surface area contributed by atoms with Gasteiger partial charge in [-0.25, -0.2) is 0 Å². The number of hydrogen-bond acceptors (Lipinski definition) is 5. The number of ether oxygens (including phenoxy) is 1. The Kier molecular flexibility index (Phi) is 4.01. The molecule has 2 rings (SSSR count). The van der Waals surface area contributed by atoms with Crippen LogP contribution in [0.15, 0.2) is 35.7 Å². The molecule has 0 spiro atoms. The van der Waals surface area contributed by atoms with E-state index in [-0.39, 0.29) is 11.7 Å². The van der Waals surface area contributed by atoms with Crippen molar-refractivity contribution in [2.24, 2.45) is 0 Å². The maximum absolute atomic E-state index is 11.1. The molecule has 0 bridgehead atoms. The first-order valence-electron chi connectivity index (χ1n) is 5.74. The fourth-order valence-corrected chi connectivity index (χ4v) is 2.49. The Morgan fingerprint density at radius 2 is 2.21 bits per heavy atom. The minimum atomic E-state index is -0.411. The van der Waals surface area contributed by atoms with Gasteiger partial charge >= 0.3 is 0 Å². The zero-order valence-corrected chi connectivity index (χ0v) is 11.4. The smallest absolute Gasteiger partial charge is 0.296 e. The largest absolute Gasteiger partial charge is 0.496 e. The molecule has 1 atom stereocenters. The predicted octanol–water partition coefficient (Wildman–Crippen LogP) is 3.84. The molecule has 1 N–H and O–H groups in total. The van der Waals surface area contributed by atoms with Crippen molar-refractivity contribution >= 4 is 22.7 Å². The highest BCUT2D eigenvalue weighted by Crippen LogP contribution is 2.32. The highest BCUT2D eigenvalue weighted by Gasteiger charge is 2.17. The Labute approximate surface area is 115 Å². The maximum atomic E-state index is 11.1. The van der Waals surface area contributed by atoms with E-state index in [2.05, 4.69) is 5.32 Å². The molecule has 0 amide bonds. The van der Waals surface area contributed by atoms with Gasteiger partial charge in [-0.1, -0.05) is 6.07 Å². The monoisotopic (exact) mass is 278 g/mol. The van der Waals surface area contributed by atoms with Crippen molar-refractivity contribution in [3.63, 3.8) is 0 Å². The Morgan fingerprint density at radius 3 is 2.79 bits per heavy atom. The fraction of sp³-hybridized carbons (Fsp3) is 0.231. The standard InChI is InChI=1S/C13H14N2O3S/c1-9(13-4-3-7-19-13)14-11-6-5-10(18-2)8-12(11)15(16)17/h3-9,14H,1-2H3. The molecule has 6 heteroatoms. The van der Waals surface area contributed by atoms with E-state index < -0.39 is 4.92 Å². The first kappa shape index (κ1) is 13.4. The van der Waals surface area contributed by atoms with E-state index >= 15 is 0 Å². The molecule has 1 heterocycles. The molecule has 0 saturated carbocycles. The molecule has 5 nitrogen and oxygen atoms in total. The van der Waals surface area contributed by atoms with Gasteiger partial charge in [0.05, 0.1) is 24.1 Å². The summed E-state index contributed by atoms with van der Waals surface area (Å²) in [5.41, 5.74) is 0.509. The van der Waals surface area contributed by atoms with E-state index in [9.17, 15) is 10.1 Å². The van der Waals surface area contributed by atoms with E-state index in [4.69, 9.17) is 4.74 Å². The number of nitrogens with one attached hydrogen (secondary N) is 1. The lowest BCUT2D eigenvalue weighted by atomic mass is 10.2. The topological polar surface area (TPSA) is 64.4 Å². The van der Waals surface area contributed by atoms with Crippen LogP contribution in [0.3, 0.4) is 0 Å². The van der Waals surface area contributed by atoms with Crippen molar-refractivity contribution in [2.75, 3.05) is 12.4 Å². The van der Waals surface area contributed by atoms with Crippen molar-refractivity contribution in [1.82, 2.24) is 0 Å². The second kappa shape index (κ2) is 5.71. The van der Waals surface area contributed by atoms with Crippen LogP contribution in [0.25, 0.3) is 0 Å². The first-order valence-corrected chi connectivity index (χ1v) is 6.62. The number of nitro groups is 1. The average molecular weight is 278 g/mol. The third kappa shape index (κ3) is 3.03. The maximum Gasteiger partial charge on any atom is 0.296 e. The molecule has 2 aromatic rings. The van der Waals surface area contributed by atoms with Gasteiger partial charge in [0.1, 0.15) is 11.4 Å². The van der Waals surface area contributed by atoms with E-state index in [0.717, 1.165) is 4.88 Å². The van der Waals surface area contributed by atoms with Crippen molar-refractivity contribution in [2.45, 2.75) is 13.0 Å². The number of nitro benzene ring substituents is 1. The van der Waals surface area contributed by atoms with Crippen molar-refractivity contribution < 1.29 is 9.66 Å². The van der Waals surface area contributed by atoms with Crippen LogP contribution >= 0.6 is 11.3 Å². The van der Waals surface area contributed by atoms with Crippen LogP contribution in [0.2, 0.25) is 0 Å². The number of thiophene rings is 1. The highest BCUT2D eigenvalue weighted by molar-refractivity contribution is 7.10. The highest BCUT2D eigenvalue weighted by atomic mass is 32.1. The summed E-state index contributed by atoms with van der Waals surface area (Å²) in [4.78, 5) is 11.8. The average Bonchev–Trinajstić information content (AvgIpc) is 2.92. The number of methoxy groups -OCH3 is 1. The summed E-state index contributed by atoms with van der Waals surface area (Å²) in [6.07, 6.45) is 0. The van der Waals surface area contributed by atoms with Crippen LogP contribution in [0.1, 0.15) is 17.8 Å². The van der Waals surface area contributed by atoms with E-state index in [1.54, 1.807) is 23.5 Å². The third-order valence-electron chi connectivity index (χ3n) is 2.74. The van der Waals surface area contributed by atoms with Gasteiger partial charge in [-0.05, 0) is 30.5 Å². The van der Waals surface area contributed by atoms with Gasteiger partial charge in [-0.2, -0.15) is 0 Å². The van der Waals surface area contributed by atoms with Crippen LogP contribution in [0.5, 0.6) is 5.75 Å². The molecule has 0 aliphatic heterocycles. The molecule has 1 aromatic heterocycles. The van der Waals surface area contributed by atoms with Crippen molar-refractivity contribution in [1.29, 1.82) is 0 Å². The molecular formula is C13H14N2O3S. The van der Waals surface area contributed by atoms with Crippen molar-refractivity contribution in [3.05, 3.63) is 50.7 Å². The number of nitrogens with zero attached hydrogens (tertiary/aromatic N) is 1. The Balaban J connectivity index is 2.27. The summed E-state index contributed by atoms with van der Waals surface area (Å²) < 4.78 is 5.01. The summed E-state index contributed by atoms with van der Waals surface area (Å²) in [6.45, 7) is 1.97. The minimum absolute atomic E-state index is 0.0164. The molecule has 0 aliphatic carbocycles. The number of anilines is 1. The zero-order chi connectivity index (χ0) is 13.8. The summed E-state index contributed by atoms with van der Waals surface area (Å²) in [5.74, 6) is 0.473. The molecule has 1 aromatic carbocycles. The number of rotatable bonds is 5. The Morgan fingerprint density at radius 1 is 1.42 bits per heavy atom. The number of benzene rings is 1. The van der Waals surface area contributed by atoms with Crippen LogP contribution < -0.4 is 10.1 Å². The van der Waals surface area contributed by atoms with E-state index in [0.29, 0.717) is 11.4 Å². The zero-order valence-electron chi connectivity index (χ0n) is 10.6. The molecule has 1 unspecified atom stereocenters. The lowest BCUT2D eigenvalue weighted by Crippen LogP contribution is -2.07. The van der Waals surface area contributed by atoms with E-state index in [1.165, 1.54) is 13.2 Å². The summed E-state index contributed by atoms with van der Waals surface area (Å²) in [5, 5.41) is 16.2. The van der Waals surface area contributed by atoms with Crippen molar-refractivity contribution in [3.8, 4) is 5.75 Å². The number of hydrogen-bond donors (Lipinski definition) is 1. The van der Waals surface area contributed by atoms with Gasteiger partial charge in [0, 0.05) is 4.88 Å². The molecule has 19 heavy (non-hydrogen) atoms. The molecule has 0 aliphatic rings. The van der Waals surface area contributed by atoms with Crippen LogP contribution in [0, 0.1) is 10.1 Å². The molecular weight excluding hydrogens is 264 g/mol. The Hall–Kier alpha value is -2.08. The summed E-state index contributed by atoms with van der Waals surface area (Å²) in [7, 11) is 1.49. The van der Waals surface area contributed by atoms with Crippen LogP contribution in [-0.4, -0.2) is 12.0 Å². The van der Waals surface area contributed by atoms with Gasteiger partial charge in [-0.15, -0.1) is 11.3 Å². The molecule has 100 valence electrons. The Bertz CT molecular complexity index is 569. The van der Waals surface area contributed by atoms with Gasteiger partial charge in [-0.3, -0.25) is 10.1 Å². The van der Waals surface area contributed by atoms with Gasteiger partial charge in [0.25, 0.3) is 5.69 Å². The molecule has 0 saturated heterocycles. The molecule has 0 fully saturated rings. The lowest BCUT2D eigenvalue weighted by Gasteiger charge is -2.14. The SMILES string of the molecule is COc1ccc(NC(C)c2cccs2)c([N+](=O)[O-])c1. The van der Waals surface area contributed by atoms with Gasteiger partial charge < -0.3 is 10.1 Å². The fourth-order valence-electron chi connectivity index (χ4n) is 1.75.